The summed E-state index contributed by atoms with van der Waals surface area (Å²) in [6, 6.07) is 5.82. The van der Waals surface area contributed by atoms with E-state index in [0.717, 1.165) is 0 Å². The third-order valence-corrected chi connectivity index (χ3v) is 5.04. The molecule has 1 amide bonds. The summed E-state index contributed by atoms with van der Waals surface area (Å²) in [6.45, 7) is 0.871. The molecule has 1 aromatic carbocycles. The number of H-pyrrole nitrogens is 1. The van der Waals surface area contributed by atoms with Crippen molar-refractivity contribution in [3.05, 3.63) is 48.0 Å². The first kappa shape index (κ1) is 20.1. The molecule has 30 heavy (non-hydrogen) atoms. The normalized spacial score (nSPS) is 19.4. The van der Waals surface area contributed by atoms with E-state index in [1.165, 1.54) is 23.1 Å². The van der Waals surface area contributed by atoms with Crippen LogP contribution in [0.4, 0.5) is 19.1 Å². The van der Waals surface area contributed by atoms with E-state index < -0.39 is 23.5 Å². The third-order valence-electron chi connectivity index (χ3n) is 5.04. The van der Waals surface area contributed by atoms with Gasteiger partial charge in [0, 0.05) is 31.5 Å². The lowest BCUT2D eigenvalue weighted by molar-refractivity contribution is -0.144. The SMILES string of the molecule is CN(CC1(O)CCN(c2ncccn2)C1)C(=O)c1ccc2nc(C(F)(F)F)[nH]c2c1. The highest BCUT2D eigenvalue weighted by Crippen LogP contribution is 2.29. The number of nitrogens with zero attached hydrogens (tertiary/aromatic N) is 5. The van der Waals surface area contributed by atoms with Gasteiger partial charge in [-0.2, -0.15) is 13.2 Å². The van der Waals surface area contributed by atoms with Crippen LogP contribution in [0, 0.1) is 0 Å². The maximum Gasteiger partial charge on any atom is 0.449 e. The molecule has 3 aromatic rings. The molecule has 1 atom stereocenters. The Morgan fingerprint density at radius 1 is 1.33 bits per heavy atom. The van der Waals surface area contributed by atoms with E-state index in [2.05, 4.69) is 19.9 Å². The first-order valence-electron chi connectivity index (χ1n) is 9.21. The molecule has 0 spiro atoms. The molecule has 1 aliphatic heterocycles. The number of carbonyl (C=O) groups excluding carboxylic acids is 1. The minimum Gasteiger partial charge on any atom is -0.386 e. The summed E-state index contributed by atoms with van der Waals surface area (Å²) in [6.07, 6.45) is -0.937. The quantitative estimate of drug-likeness (QED) is 0.671. The highest BCUT2D eigenvalue weighted by Gasteiger charge is 2.39. The van der Waals surface area contributed by atoms with Crippen LogP contribution >= 0.6 is 0 Å². The number of benzene rings is 1. The van der Waals surface area contributed by atoms with Crippen molar-refractivity contribution in [1.29, 1.82) is 0 Å². The number of amides is 1. The van der Waals surface area contributed by atoms with Crippen LogP contribution in [-0.2, 0) is 6.18 Å². The number of aromatic nitrogens is 4. The summed E-state index contributed by atoms with van der Waals surface area (Å²) >= 11 is 0. The Morgan fingerprint density at radius 3 is 2.77 bits per heavy atom. The number of imidazole rings is 1. The lowest BCUT2D eigenvalue weighted by atomic mass is 10.0. The van der Waals surface area contributed by atoms with Crippen LogP contribution in [0.2, 0.25) is 0 Å². The number of alkyl halides is 3. The van der Waals surface area contributed by atoms with Gasteiger partial charge in [-0.1, -0.05) is 0 Å². The molecule has 1 saturated heterocycles. The molecule has 1 fully saturated rings. The number of carbonyl (C=O) groups is 1. The topological polar surface area (TPSA) is 98.2 Å². The zero-order chi connectivity index (χ0) is 21.5. The highest BCUT2D eigenvalue weighted by atomic mass is 19.4. The van der Waals surface area contributed by atoms with Crippen molar-refractivity contribution >= 4 is 22.9 Å². The fourth-order valence-electron chi connectivity index (χ4n) is 3.62. The number of halogens is 3. The van der Waals surface area contributed by atoms with Crippen LogP contribution in [0.15, 0.2) is 36.7 Å². The van der Waals surface area contributed by atoms with Gasteiger partial charge >= 0.3 is 6.18 Å². The Kier molecular flexibility index (Phi) is 4.85. The largest absolute Gasteiger partial charge is 0.449 e. The van der Waals surface area contributed by atoms with Crippen LogP contribution in [0.25, 0.3) is 11.0 Å². The van der Waals surface area contributed by atoms with E-state index in [-0.39, 0.29) is 29.7 Å². The Labute approximate surface area is 169 Å². The fraction of sp³-hybridized carbons (Fsp3) is 0.368. The second-order valence-electron chi connectivity index (χ2n) is 7.42. The lowest BCUT2D eigenvalue weighted by Crippen LogP contribution is -2.46. The average Bonchev–Trinajstić information content (AvgIpc) is 3.31. The van der Waals surface area contributed by atoms with Gasteiger partial charge in [-0.3, -0.25) is 4.79 Å². The molecule has 11 heteroatoms. The molecule has 1 aliphatic rings. The van der Waals surface area contributed by atoms with Gasteiger partial charge in [0.2, 0.25) is 11.8 Å². The van der Waals surface area contributed by atoms with E-state index in [9.17, 15) is 23.1 Å². The first-order valence-corrected chi connectivity index (χ1v) is 9.21. The first-order chi connectivity index (χ1) is 14.1. The van der Waals surface area contributed by atoms with Gasteiger partial charge in [-0.15, -0.1) is 0 Å². The van der Waals surface area contributed by atoms with Crippen LogP contribution in [0.3, 0.4) is 0 Å². The molecule has 8 nitrogen and oxygen atoms in total. The van der Waals surface area contributed by atoms with Crippen LogP contribution < -0.4 is 4.90 Å². The molecule has 3 heterocycles. The number of fused-ring (bicyclic) bond motifs is 1. The minimum atomic E-state index is -4.60. The number of rotatable bonds is 4. The lowest BCUT2D eigenvalue weighted by Gasteiger charge is -2.29. The van der Waals surface area contributed by atoms with Crippen molar-refractivity contribution in [3.8, 4) is 0 Å². The van der Waals surface area contributed by atoms with Gasteiger partial charge < -0.3 is 19.9 Å². The van der Waals surface area contributed by atoms with Crippen LogP contribution in [0.1, 0.15) is 22.6 Å². The summed E-state index contributed by atoms with van der Waals surface area (Å²) in [7, 11) is 1.54. The molecule has 4 rings (SSSR count). The third kappa shape index (κ3) is 3.92. The van der Waals surface area contributed by atoms with Crippen molar-refractivity contribution in [2.45, 2.75) is 18.2 Å². The maximum absolute atomic E-state index is 12.8. The predicted molar refractivity (Wildman–Crippen MR) is 102 cm³/mol. The van der Waals surface area contributed by atoms with Gasteiger partial charge in [0.25, 0.3) is 5.91 Å². The molecule has 0 saturated carbocycles. The summed E-state index contributed by atoms with van der Waals surface area (Å²) in [5.41, 5.74) is -0.708. The van der Waals surface area contributed by atoms with Gasteiger partial charge in [-0.25, -0.2) is 15.0 Å². The maximum atomic E-state index is 12.8. The Hall–Kier alpha value is -3.21. The van der Waals surface area contributed by atoms with E-state index >= 15 is 0 Å². The second kappa shape index (κ2) is 7.24. The zero-order valence-corrected chi connectivity index (χ0v) is 16.0. The molecule has 1 unspecified atom stereocenters. The minimum absolute atomic E-state index is 0.0595. The molecule has 0 bridgehead atoms. The van der Waals surface area contributed by atoms with Gasteiger partial charge in [0.15, 0.2) is 0 Å². The van der Waals surface area contributed by atoms with Crippen molar-refractivity contribution in [3.63, 3.8) is 0 Å². The Morgan fingerprint density at radius 2 is 2.07 bits per heavy atom. The molecule has 2 N–H and O–H groups in total. The number of anilines is 1. The number of hydrogen-bond donors (Lipinski definition) is 2. The molecule has 0 aliphatic carbocycles. The molecule has 158 valence electrons. The van der Waals surface area contributed by atoms with Gasteiger partial charge in [-0.05, 0) is 30.7 Å². The Balaban J connectivity index is 1.47. The van der Waals surface area contributed by atoms with E-state index in [0.29, 0.717) is 18.9 Å². The number of aliphatic hydroxyl groups is 1. The zero-order valence-electron chi connectivity index (χ0n) is 16.0. The highest BCUT2D eigenvalue weighted by molar-refractivity contribution is 5.97. The van der Waals surface area contributed by atoms with Gasteiger partial charge in [0.05, 0.1) is 24.1 Å². The summed E-state index contributed by atoms with van der Waals surface area (Å²) < 4.78 is 38.5. The van der Waals surface area contributed by atoms with Crippen molar-refractivity contribution in [2.75, 3.05) is 31.6 Å². The number of aromatic amines is 1. The van der Waals surface area contributed by atoms with E-state index in [1.807, 2.05) is 4.90 Å². The summed E-state index contributed by atoms with van der Waals surface area (Å²) in [5.74, 6) is -1.02. The van der Waals surface area contributed by atoms with Gasteiger partial charge in [0.1, 0.15) is 5.60 Å². The molecule has 0 radical (unpaired) electrons. The fourth-order valence-corrected chi connectivity index (χ4v) is 3.62. The van der Waals surface area contributed by atoms with E-state index in [4.69, 9.17) is 0 Å². The predicted octanol–water partition coefficient (Wildman–Crippen LogP) is 2.09. The number of hydrogen-bond acceptors (Lipinski definition) is 6. The second-order valence-corrected chi connectivity index (χ2v) is 7.42. The van der Waals surface area contributed by atoms with Crippen LogP contribution in [-0.4, -0.2) is 68.1 Å². The van der Waals surface area contributed by atoms with Crippen molar-refractivity contribution < 1.29 is 23.1 Å². The molecule has 2 aromatic heterocycles. The monoisotopic (exact) mass is 420 g/mol. The van der Waals surface area contributed by atoms with E-state index in [1.54, 1.807) is 25.5 Å². The summed E-state index contributed by atoms with van der Waals surface area (Å²) in [4.78, 5) is 30.0. The standard InChI is InChI=1S/C19H19F3N6O2/c1-27(10-18(30)5-8-28(11-18)17-23-6-2-7-24-17)15(29)12-3-4-13-14(9-12)26-16(25-13)19(20,21)22/h2-4,6-7,9,30H,5,8,10-11H2,1H3,(H,25,26). The van der Waals surface area contributed by atoms with Crippen molar-refractivity contribution in [2.24, 2.45) is 0 Å². The van der Waals surface area contributed by atoms with Crippen molar-refractivity contribution in [1.82, 2.24) is 24.8 Å². The summed E-state index contributed by atoms with van der Waals surface area (Å²) in [5, 5.41) is 10.9. The molecular weight excluding hydrogens is 401 g/mol. The number of β-amino-alcohol motifs (C(OH)–C–C–N with tert-alkyl or cyclic N) is 1. The molecular formula is C19H19F3N6O2. The number of likely N-dealkylation sites (N-methyl/N-ethyl adjacent to an activating group) is 1. The average molecular weight is 420 g/mol. The smallest absolute Gasteiger partial charge is 0.386 e. The number of nitrogens with one attached hydrogen (secondary N) is 1. The Bertz CT molecular complexity index is 1070. The van der Waals surface area contributed by atoms with Crippen LogP contribution in [0.5, 0.6) is 0 Å².